The van der Waals surface area contributed by atoms with Crippen LogP contribution in [0, 0.1) is 0 Å². The normalized spacial score (nSPS) is 11.0. The standard InChI is InChI=1S/C17H18N2O4/c18-5-7-21-11-2-4-15-14(9-11)17(20)13-3-1-12(22-8-6-19)10-16(13)23-15/h1-4,9-10H,5-8,18-19H2. The lowest BCUT2D eigenvalue weighted by Crippen LogP contribution is -2.11. The summed E-state index contributed by atoms with van der Waals surface area (Å²) in [5.41, 5.74) is 11.7. The molecule has 1 heterocycles. The van der Waals surface area contributed by atoms with E-state index in [-0.39, 0.29) is 5.43 Å². The Kier molecular flexibility index (Phi) is 4.45. The van der Waals surface area contributed by atoms with Crippen LogP contribution in [-0.2, 0) is 0 Å². The maximum absolute atomic E-state index is 12.6. The first-order chi connectivity index (χ1) is 11.2. The van der Waals surface area contributed by atoms with Crippen LogP contribution in [0.4, 0.5) is 0 Å². The molecule has 0 saturated heterocycles. The summed E-state index contributed by atoms with van der Waals surface area (Å²) in [6.45, 7) is 1.64. The van der Waals surface area contributed by atoms with Gasteiger partial charge in [0.05, 0.1) is 10.8 Å². The van der Waals surface area contributed by atoms with E-state index in [0.717, 1.165) is 0 Å². The topological polar surface area (TPSA) is 101 Å². The van der Waals surface area contributed by atoms with E-state index in [4.69, 9.17) is 25.4 Å². The quantitative estimate of drug-likeness (QED) is 0.671. The Morgan fingerprint density at radius 2 is 1.48 bits per heavy atom. The number of hydrogen-bond donors (Lipinski definition) is 2. The first-order valence-corrected chi connectivity index (χ1v) is 7.39. The average Bonchev–Trinajstić information content (AvgIpc) is 2.58. The second kappa shape index (κ2) is 6.68. The second-order valence-corrected chi connectivity index (χ2v) is 5.02. The third-order valence-electron chi connectivity index (χ3n) is 3.39. The van der Waals surface area contributed by atoms with Crippen molar-refractivity contribution < 1.29 is 13.9 Å². The zero-order chi connectivity index (χ0) is 16.2. The summed E-state index contributed by atoms with van der Waals surface area (Å²) in [4.78, 5) is 12.6. The molecular formula is C17H18N2O4. The van der Waals surface area contributed by atoms with Crippen molar-refractivity contribution in [3.05, 3.63) is 46.6 Å². The molecule has 4 N–H and O–H groups in total. The lowest BCUT2D eigenvalue weighted by molar-refractivity contribution is 0.328. The fraction of sp³-hybridized carbons (Fsp3) is 0.235. The van der Waals surface area contributed by atoms with Crippen molar-refractivity contribution in [2.45, 2.75) is 0 Å². The minimum Gasteiger partial charge on any atom is -0.492 e. The number of hydrogen-bond acceptors (Lipinski definition) is 6. The predicted octanol–water partition coefficient (Wildman–Crippen LogP) is 1.62. The van der Waals surface area contributed by atoms with E-state index in [1.807, 2.05) is 0 Å². The number of fused-ring (bicyclic) bond motifs is 2. The van der Waals surface area contributed by atoms with Gasteiger partial charge in [-0.3, -0.25) is 4.79 Å². The molecule has 6 heteroatoms. The Morgan fingerprint density at radius 3 is 2.17 bits per heavy atom. The van der Waals surface area contributed by atoms with E-state index in [1.54, 1.807) is 36.4 Å². The van der Waals surface area contributed by atoms with E-state index in [9.17, 15) is 4.79 Å². The van der Waals surface area contributed by atoms with Crippen LogP contribution in [0.3, 0.4) is 0 Å². The third kappa shape index (κ3) is 3.13. The molecule has 1 aromatic heterocycles. The first-order valence-electron chi connectivity index (χ1n) is 7.39. The molecule has 0 bridgehead atoms. The summed E-state index contributed by atoms with van der Waals surface area (Å²) < 4.78 is 16.7. The minimum absolute atomic E-state index is 0.107. The van der Waals surface area contributed by atoms with Crippen molar-refractivity contribution >= 4 is 21.9 Å². The molecule has 120 valence electrons. The van der Waals surface area contributed by atoms with Crippen molar-refractivity contribution in [1.82, 2.24) is 0 Å². The summed E-state index contributed by atoms with van der Waals surface area (Å²) >= 11 is 0. The highest BCUT2D eigenvalue weighted by Crippen LogP contribution is 2.25. The van der Waals surface area contributed by atoms with Gasteiger partial charge in [-0.25, -0.2) is 0 Å². The van der Waals surface area contributed by atoms with Gasteiger partial charge in [0, 0.05) is 19.2 Å². The van der Waals surface area contributed by atoms with Crippen LogP contribution in [0.25, 0.3) is 21.9 Å². The van der Waals surface area contributed by atoms with Crippen LogP contribution < -0.4 is 26.4 Å². The van der Waals surface area contributed by atoms with Gasteiger partial charge in [-0.1, -0.05) is 0 Å². The zero-order valence-electron chi connectivity index (χ0n) is 12.6. The summed E-state index contributed by atoms with van der Waals surface area (Å²) in [7, 11) is 0. The van der Waals surface area contributed by atoms with E-state index in [2.05, 4.69) is 0 Å². The molecule has 0 spiro atoms. The molecule has 0 atom stereocenters. The van der Waals surface area contributed by atoms with Gasteiger partial charge in [0.2, 0.25) is 5.43 Å². The SMILES string of the molecule is NCCOc1ccc2c(=O)c3cc(OCCN)ccc3oc2c1. The summed E-state index contributed by atoms with van der Waals surface area (Å²) in [5.74, 6) is 1.21. The van der Waals surface area contributed by atoms with E-state index < -0.39 is 0 Å². The highest BCUT2D eigenvalue weighted by Gasteiger charge is 2.10. The predicted molar refractivity (Wildman–Crippen MR) is 89.1 cm³/mol. The molecule has 6 nitrogen and oxygen atoms in total. The number of ether oxygens (including phenoxy) is 2. The van der Waals surface area contributed by atoms with Crippen LogP contribution in [-0.4, -0.2) is 26.3 Å². The minimum atomic E-state index is -0.107. The Bertz CT molecular complexity index is 889. The lowest BCUT2D eigenvalue weighted by atomic mass is 10.1. The highest BCUT2D eigenvalue weighted by molar-refractivity contribution is 5.90. The first kappa shape index (κ1) is 15.3. The van der Waals surface area contributed by atoms with Gasteiger partial charge in [-0.2, -0.15) is 0 Å². The van der Waals surface area contributed by atoms with Gasteiger partial charge in [-0.05, 0) is 30.3 Å². The second-order valence-electron chi connectivity index (χ2n) is 5.02. The van der Waals surface area contributed by atoms with Crippen LogP contribution in [0.1, 0.15) is 0 Å². The summed E-state index contributed by atoms with van der Waals surface area (Å²) in [6.07, 6.45) is 0. The van der Waals surface area contributed by atoms with Gasteiger partial charge in [0.1, 0.15) is 35.9 Å². The van der Waals surface area contributed by atoms with Crippen LogP contribution in [0.5, 0.6) is 11.5 Å². The molecule has 23 heavy (non-hydrogen) atoms. The van der Waals surface area contributed by atoms with Crippen molar-refractivity contribution in [2.75, 3.05) is 26.3 Å². The fourth-order valence-electron chi connectivity index (χ4n) is 2.35. The molecule has 0 aliphatic carbocycles. The molecule has 0 unspecified atom stereocenters. The molecular weight excluding hydrogens is 296 g/mol. The fourth-order valence-corrected chi connectivity index (χ4v) is 2.35. The molecule has 2 aromatic carbocycles. The summed E-state index contributed by atoms with van der Waals surface area (Å²) in [5, 5.41) is 0.969. The largest absolute Gasteiger partial charge is 0.492 e. The van der Waals surface area contributed by atoms with Crippen LogP contribution in [0.2, 0.25) is 0 Å². The van der Waals surface area contributed by atoms with E-state index in [0.29, 0.717) is 59.7 Å². The summed E-state index contributed by atoms with van der Waals surface area (Å²) in [6, 6.07) is 10.3. The van der Waals surface area contributed by atoms with E-state index >= 15 is 0 Å². The molecule has 3 aromatic rings. The molecule has 0 aliphatic heterocycles. The molecule has 0 radical (unpaired) electrons. The van der Waals surface area contributed by atoms with Gasteiger partial charge in [0.15, 0.2) is 0 Å². The molecule has 0 amide bonds. The van der Waals surface area contributed by atoms with Gasteiger partial charge < -0.3 is 25.4 Å². The average molecular weight is 314 g/mol. The van der Waals surface area contributed by atoms with Gasteiger partial charge in [-0.15, -0.1) is 0 Å². The van der Waals surface area contributed by atoms with Crippen LogP contribution in [0.15, 0.2) is 45.6 Å². The van der Waals surface area contributed by atoms with Gasteiger partial charge >= 0.3 is 0 Å². The Hall–Kier alpha value is -2.57. The van der Waals surface area contributed by atoms with E-state index in [1.165, 1.54) is 0 Å². The number of benzene rings is 2. The Labute approximate surface area is 132 Å². The van der Waals surface area contributed by atoms with Gasteiger partial charge in [0.25, 0.3) is 0 Å². The zero-order valence-corrected chi connectivity index (χ0v) is 12.6. The smallest absolute Gasteiger partial charge is 0.200 e. The maximum Gasteiger partial charge on any atom is 0.200 e. The molecule has 0 aliphatic rings. The van der Waals surface area contributed by atoms with Crippen molar-refractivity contribution in [3.8, 4) is 11.5 Å². The van der Waals surface area contributed by atoms with Crippen LogP contribution >= 0.6 is 0 Å². The van der Waals surface area contributed by atoms with Crippen molar-refractivity contribution in [3.63, 3.8) is 0 Å². The maximum atomic E-state index is 12.6. The third-order valence-corrected chi connectivity index (χ3v) is 3.39. The molecule has 0 saturated carbocycles. The Balaban J connectivity index is 2.08. The van der Waals surface area contributed by atoms with Crippen molar-refractivity contribution in [1.29, 1.82) is 0 Å². The molecule has 0 fully saturated rings. The number of nitrogens with two attached hydrogens (primary N) is 2. The Morgan fingerprint density at radius 1 is 0.826 bits per heavy atom. The number of rotatable bonds is 6. The monoisotopic (exact) mass is 314 g/mol. The van der Waals surface area contributed by atoms with Crippen molar-refractivity contribution in [2.24, 2.45) is 11.5 Å². The molecule has 3 rings (SSSR count). The highest BCUT2D eigenvalue weighted by atomic mass is 16.5. The lowest BCUT2D eigenvalue weighted by Gasteiger charge is -2.08.